The number of hydrogen-bond acceptors (Lipinski definition) is 3. The summed E-state index contributed by atoms with van der Waals surface area (Å²) < 4.78 is 5.50. The van der Waals surface area contributed by atoms with Gasteiger partial charge in [-0.15, -0.1) is 0 Å². The van der Waals surface area contributed by atoms with Crippen LogP contribution < -0.4 is 5.32 Å². The molecule has 0 unspecified atom stereocenters. The zero-order chi connectivity index (χ0) is 11.5. The molecule has 1 aromatic heterocycles. The van der Waals surface area contributed by atoms with Crippen LogP contribution in [0.15, 0.2) is 39.7 Å². The first-order valence-corrected chi connectivity index (χ1v) is 5.43. The number of carbonyl (C=O) groups excluding carboxylic acids is 1. The Morgan fingerprint density at radius 3 is 3.00 bits per heavy atom. The number of carbonyl (C=O) groups is 1. The van der Waals surface area contributed by atoms with Crippen LogP contribution in [0, 0.1) is 6.92 Å². The minimum absolute atomic E-state index is 0.179. The van der Waals surface area contributed by atoms with Crippen molar-refractivity contribution in [3.05, 3.63) is 46.3 Å². The molecular formula is C11H9BrN2O2. The van der Waals surface area contributed by atoms with E-state index >= 15 is 0 Å². The van der Waals surface area contributed by atoms with Gasteiger partial charge in [-0.1, -0.05) is 27.2 Å². The zero-order valence-corrected chi connectivity index (χ0v) is 10.1. The van der Waals surface area contributed by atoms with Gasteiger partial charge in [-0.3, -0.25) is 4.79 Å². The van der Waals surface area contributed by atoms with Crippen molar-refractivity contribution in [1.82, 2.24) is 5.16 Å². The van der Waals surface area contributed by atoms with Gasteiger partial charge in [0, 0.05) is 10.0 Å². The van der Waals surface area contributed by atoms with Crippen LogP contribution >= 0.6 is 15.9 Å². The van der Waals surface area contributed by atoms with Crippen molar-refractivity contribution in [3.8, 4) is 0 Å². The summed E-state index contributed by atoms with van der Waals surface area (Å²) in [6.07, 6.45) is 2.83. The lowest BCUT2D eigenvalue weighted by molar-refractivity contribution is 0.102. The predicted octanol–water partition coefficient (Wildman–Crippen LogP) is 3.00. The number of aryl methyl sites for hydroxylation is 1. The van der Waals surface area contributed by atoms with E-state index in [-0.39, 0.29) is 5.91 Å². The molecule has 0 spiro atoms. The van der Waals surface area contributed by atoms with Crippen LogP contribution in [0.1, 0.15) is 15.9 Å². The van der Waals surface area contributed by atoms with Crippen molar-refractivity contribution in [2.24, 2.45) is 0 Å². The third kappa shape index (κ3) is 2.30. The average molecular weight is 281 g/mol. The topological polar surface area (TPSA) is 55.1 Å². The normalized spacial score (nSPS) is 10.1. The number of anilines is 1. The minimum atomic E-state index is -0.179. The highest BCUT2D eigenvalue weighted by atomic mass is 79.9. The van der Waals surface area contributed by atoms with Crippen molar-refractivity contribution in [3.63, 3.8) is 0 Å². The number of hydrogen-bond donors (Lipinski definition) is 1. The van der Waals surface area contributed by atoms with Crippen molar-refractivity contribution in [1.29, 1.82) is 0 Å². The molecule has 2 rings (SSSR count). The van der Waals surface area contributed by atoms with E-state index in [1.807, 2.05) is 19.1 Å². The Kier molecular flexibility index (Phi) is 3.05. The summed E-state index contributed by atoms with van der Waals surface area (Å²) in [4.78, 5) is 11.9. The lowest BCUT2D eigenvalue weighted by atomic mass is 10.1. The first-order valence-electron chi connectivity index (χ1n) is 4.63. The SMILES string of the molecule is Cc1ccc(Br)cc1C(=O)Nc1cnoc1. The molecule has 0 bridgehead atoms. The molecule has 0 fully saturated rings. The second-order valence-electron chi connectivity index (χ2n) is 3.33. The maximum absolute atomic E-state index is 11.9. The fourth-order valence-corrected chi connectivity index (χ4v) is 1.66. The fraction of sp³-hybridized carbons (Fsp3) is 0.0909. The van der Waals surface area contributed by atoms with E-state index in [1.165, 1.54) is 12.5 Å². The van der Waals surface area contributed by atoms with Crippen LogP contribution in [0.4, 0.5) is 5.69 Å². The molecule has 0 aliphatic heterocycles. The highest BCUT2D eigenvalue weighted by Gasteiger charge is 2.10. The molecule has 0 aliphatic carbocycles. The molecule has 0 atom stereocenters. The monoisotopic (exact) mass is 280 g/mol. The third-order valence-electron chi connectivity index (χ3n) is 2.13. The van der Waals surface area contributed by atoms with E-state index in [4.69, 9.17) is 0 Å². The second kappa shape index (κ2) is 4.49. The van der Waals surface area contributed by atoms with E-state index in [0.717, 1.165) is 10.0 Å². The molecule has 5 heteroatoms. The number of nitrogens with zero attached hydrogens (tertiary/aromatic N) is 1. The molecular weight excluding hydrogens is 272 g/mol. The van der Waals surface area contributed by atoms with E-state index < -0.39 is 0 Å². The Bertz CT molecular complexity index is 509. The maximum atomic E-state index is 11.9. The van der Waals surface area contributed by atoms with Crippen LogP contribution in [0.25, 0.3) is 0 Å². The van der Waals surface area contributed by atoms with Gasteiger partial charge >= 0.3 is 0 Å². The number of nitrogens with one attached hydrogen (secondary N) is 1. The number of aromatic nitrogens is 1. The van der Waals surface area contributed by atoms with E-state index in [2.05, 4.69) is 30.9 Å². The minimum Gasteiger partial charge on any atom is -0.363 e. The van der Waals surface area contributed by atoms with Gasteiger partial charge in [-0.2, -0.15) is 0 Å². The molecule has 0 saturated carbocycles. The first kappa shape index (κ1) is 10.9. The highest BCUT2D eigenvalue weighted by molar-refractivity contribution is 9.10. The molecule has 4 nitrogen and oxygen atoms in total. The summed E-state index contributed by atoms with van der Waals surface area (Å²) in [5.41, 5.74) is 2.08. The lowest BCUT2D eigenvalue weighted by Gasteiger charge is -2.05. The number of amides is 1. The Hall–Kier alpha value is -1.62. The quantitative estimate of drug-likeness (QED) is 0.920. The summed E-state index contributed by atoms with van der Waals surface area (Å²) in [5, 5.41) is 6.20. The Labute approximate surface area is 101 Å². The number of rotatable bonds is 2. The van der Waals surface area contributed by atoms with Crippen molar-refractivity contribution in [2.75, 3.05) is 5.32 Å². The third-order valence-corrected chi connectivity index (χ3v) is 2.63. The number of halogens is 1. The van der Waals surface area contributed by atoms with Crippen LogP contribution in [0.3, 0.4) is 0 Å². The summed E-state index contributed by atoms with van der Waals surface area (Å²) in [6.45, 7) is 1.88. The van der Waals surface area contributed by atoms with Gasteiger partial charge in [0.2, 0.25) is 0 Å². The van der Waals surface area contributed by atoms with E-state index in [0.29, 0.717) is 11.3 Å². The van der Waals surface area contributed by atoms with E-state index in [9.17, 15) is 4.79 Å². The molecule has 1 amide bonds. The van der Waals surface area contributed by atoms with Gasteiger partial charge in [0.25, 0.3) is 5.91 Å². The Morgan fingerprint density at radius 1 is 1.50 bits per heavy atom. The van der Waals surface area contributed by atoms with Gasteiger partial charge in [0.1, 0.15) is 12.0 Å². The maximum Gasteiger partial charge on any atom is 0.256 e. The summed E-state index contributed by atoms with van der Waals surface area (Å²) >= 11 is 3.33. The molecule has 1 N–H and O–H groups in total. The van der Waals surface area contributed by atoms with Gasteiger partial charge in [0.05, 0.1) is 6.20 Å². The van der Waals surface area contributed by atoms with Crippen LogP contribution in [0.2, 0.25) is 0 Å². The van der Waals surface area contributed by atoms with Crippen molar-refractivity contribution < 1.29 is 9.32 Å². The van der Waals surface area contributed by atoms with Gasteiger partial charge < -0.3 is 9.84 Å². The molecule has 16 heavy (non-hydrogen) atoms. The van der Waals surface area contributed by atoms with Crippen LogP contribution in [-0.2, 0) is 0 Å². The molecule has 82 valence electrons. The van der Waals surface area contributed by atoms with E-state index in [1.54, 1.807) is 6.07 Å². The van der Waals surface area contributed by atoms with Crippen LogP contribution in [0.5, 0.6) is 0 Å². The predicted molar refractivity (Wildman–Crippen MR) is 63.3 cm³/mol. The Balaban J connectivity index is 2.24. The molecule has 1 heterocycles. The number of benzene rings is 1. The van der Waals surface area contributed by atoms with Gasteiger partial charge in [0.15, 0.2) is 0 Å². The Morgan fingerprint density at radius 2 is 2.31 bits per heavy atom. The van der Waals surface area contributed by atoms with Crippen molar-refractivity contribution in [2.45, 2.75) is 6.92 Å². The van der Waals surface area contributed by atoms with Crippen LogP contribution in [-0.4, -0.2) is 11.1 Å². The highest BCUT2D eigenvalue weighted by Crippen LogP contribution is 2.17. The molecule has 0 saturated heterocycles. The molecule has 1 aromatic carbocycles. The molecule has 0 aliphatic rings. The average Bonchev–Trinajstić information content (AvgIpc) is 2.74. The standard InChI is InChI=1S/C11H9BrN2O2/c1-7-2-3-8(12)4-10(7)11(15)14-9-5-13-16-6-9/h2-6H,1H3,(H,14,15). The van der Waals surface area contributed by atoms with Gasteiger partial charge in [-0.05, 0) is 24.6 Å². The fourth-order valence-electron chi connectivity index (χ4n) is 1.30. The first-order chi connectivity index (χ1) is 7.66. The summed E-state index contributed by atoms with van der Waals surface area (Å²) in [6, 6.07) is 5.55. The summed E-state index contributed by atoms with van der Waals surface area (Å²) in [5.74, 6) is -0.179. The molecule has 2 aromatic rings. The lowest BCUT2D eigenvalue weighted by Crippen LogP contribution is -2.12. The molecule has 0 radical (unpaired) electrons. The van der Waals surface area contributed by atoms with Gasteiger partial charge in [-0.25, -0.2) is 0 Å². The largest absolute Gasteiger partial charge is 0.363 e. The zero-order valence-electron chi connectivity index (χ0n) is 8.53. The second-order valence-corrected chi connectivity index (χ2v) is 4.24. The van der Waals surface area contributed by atoms with Crippen molar-refractivity contribution >= 4 is 27.5 Å². The summed E-state index contributed by atoms with van der Waals surface area (Å²) in [7, 11) is 0. The smallest absolute Gasteiger partial charge is 0.256 e.